The molecule has 1 fully saturated rings. The third-order valence-corrected chi connectivity index (χ3v) is 3.86. The number of hydrogen-bond donors (Lipinski definition) is 2. The Balaban J connectivity index is 1.96. The first kappa shape index (κ1) is 17.0. The number of nitrogens with one attached hydrogen (secondary N) is 1. The van der Waals surface area contributed by atoms with Crippen LogP contribution in [0.25, 0.3) is 0 Å². The van der Waals surface area contributed by atoms with E-state index in [1.165, 1.54) is 6.20 Å². The molecule has 1 amide bonds. The highest BCUT2D eigenvalue weighted by atomic mass is 16.2. The maximum atomic E-state index is 12.4. The average molecular weight is 313 g/mol. The number of nitrogens with zero attached hydrogens (tertiary/aromatic N) is 3. The average Bonchev–Trinajstić information content (AvgIpc) is 2.56. The molecule has 6 nitrogen and oxygen atoms in total. The van der Waals surface area contributed by atoms with Crippen molar-refractivity contribution in [2.45, 2.75) is 6.92 Å². The van der Waals surface area contributed by atoms with Gasteiger partial charge in [0.05, 0.1) is 0 Å². The third kappa shape index (κ3) is 4.81. The van der Waals surface area contributed by atoms with E-state index in [-0.39, 0.29) is 11.5 Å². The summed E-state index contributed by atoms with van der Waals surface area (Å²) in [7, 11) is 0. The first-order chi connectivity index (χ1) is 11.1. The van der Waals surface area contributed by atoms with Crippen LogP contribution in [0, 0.1) is 18.3 Å². The molecule has 122 valence electrons. The molecule has 6 heteroatoms. The Hall–Kier alpha value is -2.36. The summed E-state index contributed by atoms with van der Waals surface area (Å²) < 4.78 is 0. The van der Waals surface area contributed by atoms with E-state index in [9.17, 15) is 10.1 Å². The second-order valence-corrected chi connectivity index (χ2v) is 5.61. The molecule has 0 bridgehead atoms. The Labute approximate surface area is 137 Å². The maximum absolute atomic E-state index is 12.4. The zero-order valence-corrected chi connectivity index (χ0v) is 13.5. The van der Waals surface area contributed by atoms with Crippen LogP contribution in [0.3, 0.4) is 0 Å². The number of anilines is 1. The normalized spacial score (nSPS) is 16.0. The lowest BCUT2D eigenvalue weighted by molar-refractivity contribution is -0.128. The van der Waals surface area contributed by atoms with Crippen LogP contribution in [0.1, 0.15) is 5.56 Å². The lowest BCUT2D eigenvalue weighted by Gasteiger charge is -2.34. The summed E-state index contributed by atoms with van der Waals surface area (Å²) in [5.74, 6) is -0.222. The SMILES string of the molecule is Cc1cccc(N/C=C(/C#N)C(=O)N2CCN(CCN)CC2)c1. The lowest BCUT2D eigenvalue weighted by Crippen LogP contribution is -2.50. The first-order valence-electron chi connectivity index (χ1n) is 7.79. The van der Waals surface area contributed by atoms with Gasteiger partial charge < -0.3 is 16.0 Å². The number of rotatable bonds is 5. The van der Waals surface area contributed by atoms with Gasteiger partial charge in [0.25, 0.3) is 5.91 Å². The van der Waals surface area contributed by atoms with Gasteiger partial charge in [-0.2, -0.15) is 5.26 Å². The molecule has 3 N–H and O–H groups in total. The molecule has 23 heavy (non-hydrogen) atoms. The van der Waals surface area contributed by atoms with Gasteiger partial charge in [0.2, 0.25) is 0 Å². The molecule has 0 atom stereocenters. The van der Waals surface area contributed by atoms with Crippen LogP contribution in [-0.2, 0) is 4.79 Å². The molecule has 1 aromatic carbocycles. The van der Waals surface area contributed by atoms with Crippen LogP contribution < -0.4 is 11.1 Å². The summed E-state index contributed by atoms with van der Waals surface area (Å²) in [6, 6.07) is 9.77. The van der Waals surface area contributed by atoms with E-state index < -0.39 is 0 Å². The van der Waals surface area contributed by atoms with Crippen LogP contribution in [0.5, 0.6) is 0 Å². The van der Waals surface area contributed by atoms with Crippen molar-refractivity contribution in [2.75, 3.05) is 44.6 Å². The molecular weight excluding hydrogens is 290 g/mol. The molecule has 0 aromatic heterocycles. The van der Waals surface area contributed by atoms with E-state index in [1.807, 2.05) is 37.3 Å². The Morgan fingerprint density at radius 3 is 2.74 bits per heavy atom. The van der Waals surface area contributed by atoms with Gasteiger partial charge in [-0.1, -0.05) is 12.1 Å². The van der Waals surface area contributed by atoms with Crippen molar-refractivity contribution in [3.63, 3.8) is 0 Å². The summed E-state index contributed by atoms with van der Waals surface area (Å²) in [5.41, 5.74) is 7.64. The number of piperazine rings is 1. The minimum absolute atomic E-state index is 0.124. The third-order valence-electron chi connectivity index (χ3n) is 3.86. The fourth-order valence-electron chi connectivity index (χ4n) is 2.56. The van der Waals surface area contributed by atoms with Crippen LogP contribution in [-0.4, -0.2) is 55.0 Å². The van der Waals surface area contributed by atoms with E-state index in [1.54, 1.807) is 4.90 Å². The van der Waals surface area contributed by atoms with Crippen molar-refractivity contribution in [3.05, 3.63) is 41.6 Å². The topological polar surface area (TPSA) is 85.4 Å². The van der Waals surface area contributed by atoms with Crippen LogP contribution in [0.2, 0.25) is 0 Å². The second kappa shape index (κ2) is 8.32. The van der Waals surface area contributed by atoms with E-state index in [4.69, 9.17) is 5.73 Å². The number of carbonyl (C=O) groups excluding carboxylic acids is 1. The van der Waals surface area contributed by atoms with Gasteiger partial charge in [-0.3, -0.25) is 9.69 Å². The highest BCUT2D eigenvalue weighted by Crippen LogP contribution is 2.11. The number of benzene rings is 1. The second-order valence-electron chi connectivity index (χ2n) is 5.61. The van der Waals surface area contributed by atoms with Crippen molar-refractivity contribution in [1.29, 1.82) is 5.26 Å². The summed E-state index contributed by atoms with van der Waals surface area (Å²) in [5, 5.41) is 12.3. The monoisotopic (exact) mass is 313 g/mol. The van der Waals surface area contributed by atoms with Gasteiger partial charge in [0.15, 0.2) is 0 Å². The zero-order valence-electron chi connectivity index (χ0n) is 13.5. The van der Waals surface area contributed by atoms with Crippen LogP contribution >= 0.6 is 0 Å². The maximum Gasteiger partial charge on any atom is 0.266 e. The van der Waals surface area contributed by atoms with Gasteiger partial charge in [-0.05, 0) is 24.6 Å². The molecule has 1 saturated heterocycles. The van der Waals surface area contributed by atoms with Crippen LogP contribution in [0.4, 0.5) is 5.69 Å². The Morgan fingerprint density at radius 2 is 2.13 bits per heavy atom. The highest BCUT2D eigenvalue weighted by Gasteiger charge is 2.23. The highest BCUT2D eigenvalue weighted by molar-refractivity contribution is 5.97. The smallest absolute Gasteiger partial charge is 0.266 e. The summed E-state index contributed by atoms with van der Waals surface area (Å²) in [6.07, 6.45) is 1.49. The molecule has 0 aliphatic carbocycles. The lowest BCUT2D eigenvalue weighted by atomic mass is 10.2. The number of aryl methyl sites for hydroxylation is 1. The predicted molar refractivity (Wildman–Crippen MR) is 90.6 cm³/mol. The molecule has 0 spiro atoms. The number of hydrogen-bond acceptors (Lipinski definition) is 5. The molecule has 0 unspecified atom stereocenters. The fraction of sp³-hybridized carbons (Fsp3) is 0.412. The van der Waals surface area contributed by atoms with Gasteiger partial charge in [0, 0.05) is 51.2 Å². The van der Waals surface area contributed by atoms with Crippen molar-refractivity contribution in [2.24, 2.45) is 5.73 Å². The minimum atomic E-state index is -0.222. The Kier molecular flexibility index (Phi) is 6.15. The van der Waals surface area contributed by atoms with Gasteiger partial charge in [0.1, 0.15) is 11.6 Å². The van der Waals surface area contributed by atoms with E-state index >= 15 is 0 Å². The fourth-order valence-corrected chi connectivity index (χ4v) is 2.56. The number of carbonyl (C=O) groups is 1. The molecule has 1 aliphatic heterocycles. The van der Waals surface area contributed by atoms with E-state index in [0.717, 1.165) is 30.9 Å². The largest absolute Gasteiger partial charge is 0.360 e. The van der Waals surface area contributed by atoms with Crippen molar-refractivity contribution in [1.82, 2.24) is 9.80 Å². The molecule has 0 saturated carbocycles. The van der Waals surface area contributed by atoms with Gasteiger partial charge >= 0.3 is 0 Å². The zero-order chi connectivity index (χ0) is 16.7. The molecule has 2 rings (SSSR count). The van der Waals surface area contributed by atoms with Gasteiger partial charge in [-0.25, -0.2) is 0 Å². The summed E-state index contributed by atoms with van der Waals surface area (Å²) in [4.78, 5) is 16.4. The quantitative estimate of drug-likeness (QED) is 0.623. The molecule has 1 aliphatic rings. The summed E-state index contributed by atoms with van der Waals surface area (Å²) in [6.45, 7) is 6.31. The molecule has 1 heterocycles. The Bertz CT molecular complexity index is 612. The molecule has 1 aromatic rings. The molecular formula is C17H23N5O. The van der Waals surface area contributed by atoms with Crippen molar-refractivity contribution < 1.29 is 4.79 Å². The number of amides is 1. The van der Waals surface area contributed by atoms with Gasteiger partial charge in [-0.15, -0.1) is 0 Å². The minimum Gasteiger partial charge on any atom is -0.360 e. The van der Waals surface area contributed by atoms with Crippen molar-refractivity contribution in [3.8, 4) is 6.07 Å². The first-order valence-corrected chi connectivity index (χ1v) is 7.79. The van der Waals surface area contributed by atoms with E-state index in [0.29, 0.717) is 19.6 Å². The predicted octanol–water partition coefficient (Wildman–Crippen LogP) is 0.917. The van der Waals surface area contributed by atoms with Crippen LogP contribution in [0.15, 0.2) is 36.0 Å². The molecule has 0 radical (unpaired) electrons. The number of nitriles is 1. The van der Waals surface area contributed by atoms with E-state index in [2.05, 4.69) is 10.2 Å². The Morgan fingerprint density at radius 1 is 1.39 bits per heavy atom. The number of nitrogens with two attached hydrogens (primary N) is 1. The standard InChI is InChI=1S/C17H23N5O/c1-14-3-2-4-16(11-14)20-13-15(12-19)17(23)22-9-7-21(6-5-18)8-10-22/h2-4,11,13,20H,5-10,18H2,1H3/b15-13-. The van der Waals surface area contributed by atoms with Crippen molar-refractivity contribution >= 4 is 11.6 Å². The summed E-state index contributed by atoms with van der Waals surface area (Å²) >= 11 is 0.